The zero-order valence-corrected chi connectivity index (χ0v) is 10.6. The van der Waals surface area contributed by atoms with E-state index < -0.39 is 0 Å². The second kappa shape index (κ2) is 6.37. The number of nitrogens with two attached hydrogens (primary N) is 1. The summed E-state index contributed by atoms with van der Waals surface area (Å²) in [5, 5.41) is 0. The van der Waals surface area contributed by atoms with Gasteiger partial charge in [-0.2, -0.15) is 0 Å². The molecule has 1 rings (SSSR count). The fourth-order valence-electron chi connectivity index (χ4n) is 1.60. The summed E-state index contributed by atoms with van der Waals surface area (Å²) in [7, 11) is 0. The molecule has 0 unspecified atom stereocenters. The molecule has 0 aliphatic carbocycles. The summed E-state index contributed by atoms with van der Waals surface area (Å²) in [4.78, 5) is 11.0. The Morgan fingerprint density at radius 1 is 1.25 bits per heavy atom. The SMILES string of the molecule is CCCN(CCC)c1nccnc1C(N)=S. The molecule has 2 N–H and O–H groups in total. The van der Waals surface area contributed by atoms with Crippen LogP contribution in [-0.4, -0.2) is 28.0 Å². The van der Waals surface area contributed by atoms with E-state index in [1.54, 1.807) is 12.4 Å². The molecule has 0 fully saturated rings. The summed E-state index contributed by atoms with van der Waals surface area (Å²) in [6, 6.07) is 0. The fraction of sp³-hybridized carbons (Fsp3) is 0.545. The number of aromatic nitrogens is 2. The predicted octanol–water partition coefficient (Wildman–Crippen LogP) is 1.74. The van der Waals surface area contributed by atoms with Crippen LogP contribution in [0.1, 0.15) is 32.4 Å². The van der Waals surface area contributed by atoms with Crippen LogP contribution in [0.25, 0.3) is 0 Å². The molecule has 0 saturated heterocycles. The van der Waals surface area contributed by atoms with Crippen LogP contribution in [0.5, 0.6) is 0 Å². The maximum Gasteiger partial charge on any atom is 0.157 e. The van der Waals surface area contributed by atoms with Crippen LogP contribution in [0.2, 0.25) is 0 Å². The maximum absolute atomic E-state index is 5.65. The minimum absolute atomic E-state index is 0.306. The van der Waals surface area contributed by atoms with Crippen molar-refractivity contribution in [1.29, 1.82) is 0 Å². The van der Waals surface area contributed by atoms with Crippen molar-refractivity contribution in [1.82, 2.24) is 9.97 Å². The van der Waals surface area contributed by atoms with E-state index in [9.17, 15) is 0 Å². The second-order valence-corrected chi connectivity index (χ2v) is 4.02. The van der Waals surface area contributed by atoms with Crippen LogP contribution >= 0.6 is 12.2 Å². The van der Waals surface area contributed by atoms with E-state index in [1.807, 2.05) is 0 Å². The van der Waals surface area contributed by atoms with Gasteiger partial charge in [0.1, 0.15) is 10.7 Å². The molecular formula is C11H18N4S. The Balaban J connectivity index is 3.02. The summed E-state index contributed by atoms with van der Waals surface area (Å²) >= 11 is 4.99. The van der Waals surface area contributed by atoms with Gasteiger partial charge in [0.25, 0.3) is 0 Å². The van der Waals surface area contributed by atoms with Gasteiger partial charge in [-0.1, -0.05) is 26.1 Å². The first-order valence-corrected chi connectivity index (χ1v) is 5.97. The molecule has 0 amide bonds. The van der Waals surface area contributed by atoms with Crippen molar-refractivity contribution in [3.05, 3.63) is 18.1 Å². The van der Waals surface area contributed by atoms with Gasteiger partial charge >= 0.3 is 0 Å². The molecule has 0 spiro atoms. The second-order valence-electron chi connectivity index (χ2n) is 3.58. The number of anilines is 1. The van der Waals surface area contributed by atoms with E-state index in [-0.39, 0.29) is 0 Å². The first-order valence-electron chi connectivity index (χ1n) is 5.56. The molecule has 0 aliphatic rings. The van der Waals surface area contributed by atoms with E-state index in [0.29, 0.717) is 10.7 Å². The molecule has 4 nitrogen and oxygen atoms in total. The van der Waals surface area contributed by atoms with E-state index >= 15 is 0 Å². The van der Waals surface area contributed by atoms with Crippen molar-refractivity contribution in [3.8, 4) is 0 Å². The van der Waals surface area contributed by atoms with Crippen LogP contribution in [0.3, 0.4) is 0 Å². The normalized spacial score (nSPS) is 10.1. The van der Waals surface area contributed by atoms with Gasteiger partial charge in [-0.25, -0.2) is 9.97 Å². The molecule has 0 aromatic carbocycles. The molecule has 5 heteroatoms. The Bertz CT molecular complexity index is 348. The van der Waals surface area contributed by atoms with Crippen molar-refractivity contribution in [3.63, 3.8) is 0 Å². The number of rotatable bonds is 6. The van der Waals surface area contributed by atoms with Gasteiger partial charge in [0.2, 0.25) is 0 Å². The van der Waals surface area contributed by atoms with Crippen molar-refractivity contribution in [2.45, 2.75) is 26.7 Å². The largest absolute Gasteiger partial charge is 0.388 e. The van der Waals surface area contributed by atoms with Crippen LogP contribution in [0, 0.1) is 0 Å². The third kappa shape index (κ3) is 3.13. The van der Waals surface area contributed by atoms with E-state index in [4.69, 9.17) is 18.0 Å². The van der Waals surface area contributed by atoms with E-state index in [2.05, 4.69) is 28.7 Å². The van der Waals surface area contributed by atoms with Crippen LogP contribution in [0.4, 0.5) is 5.82 Å². The van der Waals surface area contributed by atoms with Gasteiger partial charge in [0.05, 0.1) is 0 Å². The Morgan fingerprint density at radius 2 is 1.81 bits per heavy atom. The molecule has 0 radical (unpaired) electrons. The minimum atomic E-state index is 0.306. The van der Waals surface area contributed by atoms with E-state index in [0.717, 1.165) is 31.7 Å². The van der Waals surface area contributed by atoms with Gasteiger partial charge in [0.15, 0.2) is 5.82 Å². The van der Waals surface area contributed by atoms with Crippen molar-refractivity contribution < 1.29 is 0 Å². The molecule has 0 aliphatic heterocycles. The highest BCUT2D eigenvalue weighted by Crippen LogP contribution is 2.15. The Labute approximate surface area is 102 Å². The highest BCUT2D eigenvalue weighted by molar-refractivity contribution is 7.80. The van der Waals surface area contributed by atoms with Crippen molar-refractivity contribution in [2.75, 3.05) is 18.0 Å². The molecule has 0 atom stereocenters. The number of hydrogen-bond acceptors (Lipinski definition) is 4. The Kier molecular flexibility index (Phi) is 5.11. The van der Waals surface area contributed by atoms with E-state index in [1.165, 1.54) is 0 Å². The van der Waals surface area contributed by atoms with Gasteiger partial charge in [-0.15, -0.1) is 0 Å². The molecular weight excluding hydrogens is 220 g/mol. The first-order chi connectivity index (χ1) is 7.70. The van der Waals surface area contributed by atoms with Gasteiger partial charge in [0, 0.05) is 25.5 Å². The third-order valence-corrected chi connectivity index (χ3v) is 2.39. The fourth-order valence-corrected chi connectivity index (χ4v) is 1.74. The third-order valence-electron chi connectivity index (χ3n) is 2.20. The Morgan fingerprint density at radius 3 is 2.31 bits per heavy atom. The topological polar surface area (TPSA) is 55.0 Å². The molecule has 1 aromatic heterocycles. The zero-order chi connectivity index (χ0) is 12.0. The van der Waals surface area contributed by atoms with Crippen LogP contribution in [-0.2, 0) is 0 Å². The molecule has 88 valence electrons. The lowest BCUT2D eigenvalue weighted by Gasteiger charge is -2.23. The average molecular weight is 238 g/mol. The lowest BCUT2D eigenvalue weighted by atomic mass is 10.3. The highest BCUT2D eigenvalue weighted by Gasteiger charge is 2.13. The maximum atomic E-state index is 5.65. The molecule has 0 bridgehead atoms. The van der Waals surface area contributed by atoms with Crippen LogP contribution in [0.15, 0.2) is 12.4 Å². The number of hydrogen-bond donors (Lipinski definition) is 1. The molecule has 16 heavy (non-hydrogen) atoms. The number of nitrogens with zero attached hydrogens (tertiary/aromatic N) is 3. The minimum Gasteiger partial charge on any atom is -0.388 e. The summed E-state index contributed by atoms with van der Waals surface area (Å²) in [5.41, 5.74) is 6.27. The quantitative estimate of drug-likeness (QED) is 0.765. The first kappa shape index (κ1) is 12.8. The lowest BCUT2D eigenvalue weighted by molar-refractivity contribution is 0.731. The molecule has 0 saturated carbocycles. The zero-order valence-electron chi connectivity index (χ0n) is 9.81. The van der Waals surface area contributed by atoms with Crippen molar-refractivity contribution in [2.24, 2.45) is 5.73 Å². The van der Waals surface area contributed by atoms with Gasteiger partial charge in [-0.3, -0.25) is 0 Å². The molecule has 1 heterocycles. The van der Waals surface area contributed by atoms with Gasteiger partial charge in [-0.05, 0) is 12.8 Å². The standard InChI is InChI=1S/C11H18N4S/c1-3-7-15(8-4-2)11-9(10(12)16)13-5-6-14-11/h5-6H,3-4,7-8H2,1-2H3,(H2,12,16). The Hall–Kier alpha value is -1.23. The van der Waals surface area contributed by atoms with Crippen LogP contribution < -0.4 is 10.6 Å². The number of thiocarbonyl (C=S) groups is 1. The molecule has 1 aromatic rings. The smallest absolute Gasteiger partial charge is 0.157 e. The van der Waals surface area contributed by atoms with Gasteiger partial charge < -0.3 is 10.6 Å². The summed E-state index contributed by atoms with van der Waals surface area (Å²) < 4.78 is 0. The highest BCUT2D eigenvalue weighted by atomic mass is 32.1. The lowest BCUT2D eigenvalue weighted by Crippen LogP contribution is -2.29. The monoisotopic (exact) mass is 238 g/mol. The summed E-state index contributed by atoms with van der Waals surface area (Å²) in [5.74, 6) is 0.804. The average Bonchev–Trinajstić information content (AvgIpc) is 2.29. The van der Waals surface area contributed by atoms with Crippen molar-refractivity contribution >= 4 is 23.0 Å². The predicted molar refractivity (Wildman–Crippen MR) is 70.7 cm³/mol. The summed E-state index contributed by atoms with van der Waals surface area (Å²) in [6.45, 7) is 6.17. The summed E-state index contributed by atoms with van der Waals surface area (Å²) in [6.07, 6.45) is 5.42.